The summed E-state index contributed by atoms with van der Waals surface area (Å²) in [5.41, 5.74) is 8.13. The normalized spacial score (nSPS) is 43.6. The quantitative estimate of drug-likeness (QED) is 0.869. The molecule has 19 heavy (non-hydrogen) atoms. The van der Waals surface area contributed by atoms with Crippen molar-refractivity contribution in [3.63, 3.8) is 0 Å². The van der Waals surface area contributed by atoms with Crippen LogP contribution in [0.25, 0.3) is 0 Å². The summed E-state index contributed by atoms with van der Waals surface area (Å²) >= 11 is 0. The van der Waals surface area contributed by atoms with Gasteiger partial charge in [-0.25, -0.2) is 0 Å². The molecule has 0 aromatic heterocycles. The zero-order chi connectivity index (χ0) is 12.9. The SMILES string of the molecule is NCCC12CC3CC(CC(C3)C1c1ccccc1)C2. The third-order valence-corrected chi connectivity index (χ3v) is 6.26. The predicted molar refractivity (Wildman–Crippen MR) is 78.8 cm³/mol. The van der Waals surface area contributed by atoms with E-state index < -0.39 is 0 Å². The molecule has 3 unspecified atom stereocenters. The molecule has 0 saturated heterocycles. The topological polar surface area (TPSA) is 26.0 Å². The first kappa shape index (κ1) is 12.0. The molecule has 4 aliphatic carbocycles. The van der Waals surface area contributed by atoms with Crippen LogP contribution in [-0.2, 0) is 0 Å². The van der Waals surface area contributed by atoms with Crippen molar-refractivity contribution >= 4 is 0 Å². The van der Waals surface area contributed by atoms with Crippen LogP contribution in [0.1, 0.15) is 50.0 Å². The highest BCUT2D eigenvalue weighted by Gasteiger charge is 2.56. The number of benzene rings is 1. The van der Waals surface area contributed by atoms with Crippen molar-refractivity contribution in [1.29, 1.82) is 0 Å². The summed E-state index contributed by atoms with van der Waals surface area (Å²) in [6.45, 7) is 0.871. The first-order valence-electron chi connectivity index (χ1n) is 8.06. The van der Waals surface area contributed by atoms with Gasteiger partial charge in [0.15, 0.2) is 0 Å². The lowest BCUT2D eigenvalue weighted by Gasteiger charge is -2.62. The van der Waals surface area contributed by atoms with E-state index in [2.05, 4.69) is 30.3 Å². The molecule has 0 aliphatic heterocycles. The van der Waals surface area contributed by atoms with Gasteiger partial charge in [0.05, 0.1) is 0 Å². The zero-order valence-corrected chi connectivity index (χ0v) is 11.7. The minimum Gasteiger partial charge on any atom is -0.330 e. The Balaban J connectivity index is 1.75. The number of nitrogens with two attached hydrogens (primary N) is 1. The Hall–Kier alpha value is -0.820. The van der Waals surface area contributed by atoms with E-state index >= 15 is 0 Å². The maximum Gasteiger partial charge on any atom is -0.00718 e. The average molecular weight is 255 g/mol. The van der Waals surface area contributed by atoms with Crippen molar-refractivity contribution in [2.24, 2.45) is 28.9 Å². The predicted octanol–water partition coefficient (Wildman–Crippen LogP) is 3.95. The van der Waals surface area contributed by atoms with Gasteiger partial charge in [0.2, 0.25) is 0 Å². The third-order valence-electron chi connectivity index (χ3n) is 6.26. The summed E-state index contributed by atoms with van der Waals surface area (Å²) in [7, 11) is 0. The van der Waals surface area contributed by atoms with Gasteiger partial charge in [0, 0.05) is 0 Å². The molecule has 4 saturated carbocycles. The molecule has 1 aromatic carbocycles. The second-order valence-electron chi connectivity index (χ2n) is 7.40. The van der Waals surface area contributed by atoms with Gasteiger partial charge in [-0.15, -0.1) is 0 Å². The lowest BCUT2D eigenvalue weighted by Crippen LogP contribution is -2.52. The fraction of sp³-hybridized carbons (Fsp3) is 0.667. The Morgan fingerprint density at radius 3 is 2.32 bits per heavy atom. The second-order valence-corrected chi connectivity index (χ2v) is 7.40. The highest BCUT2D eigenvalue weighted by Crippen LogP contribution is 2.67. The Bertz CT molecular complexity index is 438. The van der Waals surface area contributed by atoms with Crippen molar-refractivity contribution in [2.75, 3.05) is 6.54 Å². The van der Waals surface area contributed by atoms with Gasteiger partial charge in [-0.05, 0) is 79.7 Å². The lowest BCUT2D eigenvalue weighted by atomic mass is 9.43. The molecule has 1 aromatic rings. The van der Waals surface area contributed by atoms with Crippen molar-refractivity contribution in [1.82, 2.24) is 0 Å². The van der Waals surface area contributed by atoms with E-state index in [0.717, 1.165) is 30.2 Å². The van der Waals surface area contributed by atoms with Crippen molar-refractivity contribution in [3.8, 4) is 0 Å². The van der Waals surface area contributed by atoms with Crippen LogP contribution in [0.2, 0.25) is 0 Å². The highest BCUT2D eigenvalue weighted by molar-refractivity contribution is 5.27. The number of hydrogen-bond acceptors (Lipinski definition) is 1. The van der Waals surface area contributed by atoms with Crippen LogP contribution < -0.4 is 5.73 Å². The molecule has 0 amide bonds. The van der Waals surface area contributed by atoms with Crippen molar-refractivity contribution < 1.29 is 0 Å². The summed E-state index contributed by atoms with van der Waals surface area (Å²) < 4.78 is 0. The fourth-order valence-electron chi connectivity index (χ4n) is 6.14. The first-order valence-corrected chi connectivity index (χ1v) is 8.06. The molecule has 102 valence electrons. The van der Waals surface area contributed by atoms with E-state index in [0.29, 0.717) is 5.41 Å². The van der Waals surface area contributed by atoms with Gasteiger partial charge >= 0.3 is 0 Å². The van der Waals surface area contributed by atoms with Gasteiger partial charge in [-0.2, -0.15) is 0 Å². The minimum absolute atomic E-state index is 0.546. The largest absolute Gasteiger partial charge is 0.330 e. The van der Waals surface area contributed by atoms with Gasteiger partial charge in [-0.3, -0.25) is 0 Å². The van der Waals surface area contributed by atoms with E-state index in [1.165, 1.54) is 38.5 Å². The summed E-state index contributed by atoms with van der Waals surface area (Å²) in [6, 6.07) is 11.3. The van der Waals surface area contributed by atoms with Gasteiger partial charge < -0.3 is 5.73 Å². The summed E-state index contributed by atoms with van der Waals surface area (Å²) in [6.07, 6.45) is 8.65. The van der Waals surface area contributed by atoms with E-state index in [-0.39, 0.29) is 0 Å². The van der Waals surface area contributed by atoms with Crippen LogP contribution in [0, 0.1) is 23.2 Å². The molecule has 5 rings (SSSR count). The van der Waals surface area contributed by atoms with Gasteiger partial charge in [0.25, 0.3) is 0 Å². The number of hydrogen-bond donors (Lipinski definition) is 1. The standard InChI is InChI=1S/C18H25N/c19-7-6-18-11-13-8-14(12-18)10-16(9-13)17(18)15-4-2-1-3-5-15/h1-5,13-14,16-17H,6-12,19H2. The molecule has 2 N–H and O–H groups in total. The molecule has 0 spiro atoms. The van der Waals surface area contributed by atoms with Gasteiger partial charge in [0.1, 0.15) is 0 Å². The molecule has 4 bridgehead atoms. The van der Waals surface area contributed by atoms with Crippen LogP contribution in [0.3, 0.4) is 0 Å². The van der Waals surface area contributed by atoms with Crippen molar-refractivity contribution in [2.45, 2.75) is 44.4 Å². The smallest absolute Gasteiger partial charge is 0.00718 e. The van der Waals surface area contributed by atoms with E-state index in [1.807, 2.05) is 0 Å². The Morgan fingerprint density at radius 2 is 1.68 bits per heavy atom. The van der Waals surface area contributed by atoms with E-state index in [1.54, 1.807) is 5.56 Å². The van der Waals surface area contributed by atoms with Gasteiger partial charge in [-0.1, -0.05) is 30.3 Å². The van der Waals surface area contributed by atoms with E-state index in [9.17, 15) is 0 Å². The lowest BCUT2D eigenvalue weighted by molar-refractivity contribution is -0.0786. The molecule has 0 heterocycles. The summed E-state index contributed by atoms with van der Waals surface area (Å²) in [4.78, 5) is 0. The van der Waals surface area contributed by atoms with Crippen molar-refractivity contribution in [3.05, 3.63) is 35.9 Å². The van der Waals surface area contributed by atoms with Crippen LogP contribution in [0.15, 0.2) is 30.3 Å². The molecule has 3 atom stereocenters. The van der Waals surface area contributed by atoms with Crippen LogP contribution in [-0.4, -0.2) is 6.54 Å². The second kappa shape index (κ2) is 4.34. The Kier molecular flexibility index (Phi) is 2.73. The highest BCUT2D eigenvalue weighted by atomic mass is 14.6. The molecular formula is C18H25N. The maximum atomic E-state index is 5.99. The molecular weight excluding hydrogens is 230 g/mol. The van der Waals surface area contributed by atoms with Crippen LogP contribution in [0.4, 0.5) is 0 Å². The molecule has 1 nitrogen and oxygen atoms in total. The Labute approximate surface area is 116 Å². The third kappa shape index (κ3) is 1.78. The van der Waals surface area contributed by atoms with Crippen LogP contribution >= 0.6 is 0 Å². The Morgan fingerprint density at radius 1 is 1.00 bits per heavy atom. The summed E-state index contributed by atoms with van der Waals surface area (Å²) in [5, 5.41) is 0. The summed E-state index contributed by atoms with van der Waals surface area (Å²) in [5.74, 6) is 3.78. The minimum atomic E-state index is 0.546. The molecule has 0 radical (unpaired) electrons. The fourth-order valence-corrected chi connectivity index (χ4v) is 6.14. The molecule has 4 fully saturated rings. The molecule has 1 heteroatoms. The zero-order valence-electron chi connectivity index (χ0n) is 11.7. The monoisotopic (exact) mass is 255 g/mol. The van der Waals surface area contributed by atoms with E-state index in [4.69, 9.17) is 5.73 Å². The van der Waals surface area contributed by atoms with Crippen LogP contribution in [0.5, 0.6) is 0 Å². The average Bonchev–Trinajstić information content (AvgIpc) is 2.38. The number of rotatable bonds is 3. The molecule has 4 aliphatic rings. The first-order chi connectivity index (χ1) is 9.31. The maximum absolute atomic E-state index is 5.99.